The molecule has 0 saturated carbocycles. The number of thioether (sulfide) groups is 1. The van der Waals surface area contributed by atoms with E-state index in [1.165, 1.54) is 23.1 Å². The molecule has 0 aliphatic rings. The molecule has 0 unspecified atom stereocenters. The smallest absolute Gasteiger partial charge is 0.286 e. The molecule has 0 fully saturated rings. The van der Waals surface area contributed by atoms with E-state index in [2.05, 4.69) is 20.8 Å². The molecule has 9 heteroatoms. The van der Waals surface area contributed by atoms with Gasteiger partial charge in [-0.3, -0.25) is 9.59 Å². The van der Waals surface area contributed by atoms with Crippen molar-refractivity contribution in [2.75, 3.05) is 31.3 Å². The quantitative estimate of drug-likeness (QED) is 0.647. The summed E-state index contributed by atoms with van der Waals surface area (Å²) < 4.78 is 4.87. The van der Waals surface area contributed by atoms with Gasteiger partial charge in [0.05, 0.1) is 12.4 Å². The van der Waals surface area contributed by atoms with Gasteiger partial charge in [-0.25, -0.2) is 0 Å². The van der Waals surface area contributed by atoms with Crippen molar-refractivity contribution in [3.05, 3.63) is 39.8 Å². The summed E-state index contributed by atoms with van der Waals surface area (Å²) in [6.07, 6.45) is 0. The van der Waals surface area contributed by atoms with Crippen LogP contribution in [0.15, 0.2) is 24.3 Å². The van der Waals surface area contributed by atoms with Gasteiger partial charge in [-0.15, -0.1) is 22.0 Å². The molecule has 7 nitrogen and oxygen atoms in total. The standard InChI is InChI=1S/C16H20N4O3S2/c1-11-5-3-4-6-12(11)18-15(22)16-20-19-14(25-16)10-24-9-13(21)17-7-8-23-2/h3-6H,7-10H2,1-2H3,(H,17,21)(H,18,22). The minimum Gasteiger partial charge on any atom is -0.383 e. The van der Waals surface area contributed by atoms with Crippen LogP contribution in [0.25, 0.3) is 0 Å². The highest BCUT2D eigenvalue weighted by Crippen LogP contribution is 2.19. The van der Waals surface area contributed by atoms with E-state index in [0.29, 0.717) is 34.7 Å². The van der Waals surface area contributed by atoms with Crippen LogP contribution < -0.4 is 10.6 Å². The Morgan fingerprint density at radius 1 is 1.28 bits per heavy atom. The number of aromatic nitrogens is 2. The van der Waals surface area contributed by atoms with Crippen molar-refractivity contribution in [2.45, 2.75) is 12.7 Å². The summed E-state index contributed by atoms with van der Waals surface area (Å²) in [4.78, 5) is 23.8. The van der Waals surface area contributed by atoms with Crippen LogP contribution in [0.1, 0.15) is 20.4 Å². The Hall–Kier alpha value is -1.97. The number of carbonyl (C=O) groups is 2. The summed E-state index contributed by atoms with van der Waals surface area (Å²) in [6, 6.07) is 7.54. The second-order valence-corrected chi connectivity index (χ2v) is 7.15. The molecule has 0 aliphatic carbocycles. The van der Waals surface area contributed by atoms with Gasteiger partial charge < -0.3 is 15.4 Å². The molecule has 1 aromatic carbocycles. The first kappa shape index (κ1) is 19.4. The normalized spacial score (nSPS) is 10.5. The van der Waals surface area contributed by atoms with Gasteiger partial charge in [0, 0.05) is 25.1 Å². The fourth-order valence-electron chi connectivity index (χ4n) is 1.87. The summed E-state index contributed by atoms with van der Waals surface area (Å²) in [7, 11) is 1.59. The van der Waals surface area contributed by atoms with Crippen LogP contribution in [0.5, 0.6) is 0 Å². The Balaban J connectivity index is 1.78. The molecule has 2 amide bonds. The Morgan fingerprint density at radius 3 is 2.84 bits per heavy atom. The zero-order valence-corrected chi connectivity index (χ0v) is 15.7. The predicted molar refractivity (Wildman–Crippen MR) is 100 cm³/mol. The second kappa shape index (κ2) is 10.1. The number of amides is 2. The van der Waals surface area contributed by atoms with Crippen LogP contribution in [0.2, 0.25) is 0 Å². The first-order valence-electron chi connectivity index (χ1n) is 7.63. The Bertz CT molecular complexity index is 721. The summed E-state index contributed by atoms with van der Waals surface area (Å²) in [5.74, 6) is 0.533. The third-order valence-electron chi connectivity index (χ3n) is 3.14. The third-order valence-corrected chi connectivity index (χ3v) is 5.19. The first-order chi connectivity index (χ1) is 12.1. The second-order valence-electron chi connectivity index (χ2n) is 5.11. The Labute approximate surface area is 154 Å². The lowest BCUT2D eigenvalue weighted by molar-refractivity contribution is -0.118. The molecule has 2 aromatic rings. The average Bonchev–Trinajstić information content (AvgIpc) is 3.06. The van der Waals surface area contributed by atoms with Crippen LogP contribution in [0.4, 0.5) is 5.69 Å². The van der Waals surface area contributed by atoms with Crippen LogP contribution in [-0.4, -0.2) is 48.0 Å². The molecular weight excluding hydrogens is 360 g/mol. The summed E-state index contributed by atoms with van der Waals surface area (Å²) in [5, 5.41) is 14.5. The molecule has 0 radical (unpaired) electrons. The predicted octanol–water partition coefficient (Wildman–Crippen LogP) is 2.09. The van der Waals surface area contributed by atoms with Gasteiger partial charge in [-0.2, -0.15) is 0 Å². The summed E-state index contributed by atoms with van der Waals surface area (Å²) in [5.41, 5.74) is 1.74. The molecule has 0 bridgehead atoms. The van der Waals surface area contributed by atoms with Crippen LogP contribution in [0, 0.1) is 6.92 Å². The van der Waals surface area contributed by atoms with Gasteiger partial charge >= 0.3 is 0 Å². The maximum atomic E-state index is 12.2. The van der Waals surface area contributed by atoms with Gasteiger partial charge in [0.1, 0.15) is 5.01 Å². The number of methoxy groups -OCH3 is 1. The topological polar surface area (TPSA) is 93.2 Å². The molecule has 0 saturated heterocycles. The van der Waals surface area contributed by atoms with Crippen molar-refractivity contribution in [1.82, 2.24) is 15.5 Å². The van der Waals surface area contributed by atoms with E-state index in [1.54, 1.807) is 7.11 Å². The molecule has 2 N–H and O–H groups in total. The maximum Gasteiger partial charge on any atom is 0.286 e. The molecule has 25 heavy (non-hydrogen) atoms. The number of hydrogen-bond donors (Lipinski definition) is 2. The number of rotatable bonds is 9. The van der Waals surface area contributed by atoms with E-state index in [0.717, 1.165) is 11.3 Å². The first-order valence-corrected chi connectivity index (χ1v) is 9.60. The van der Waals surface area contributed by atoms with E-state index in [1.807, 2.05) is 31.2 Å². The monoisotopic (exact) mass is 380 g/mol. The summed E-state index contributed by atoms with van der Waals surface area (Å²) >= 11 is 2.66. The maximum absolute atomic E-state index is 12.2. The molecular formula is C16H20N4O3S2. The lowest BCUT2D eigenvalue weighted by atomic mass is 10.2. The molecule has 1 heterocycles. The number of aryl methyl sites for hydroxylation is 1. The fraction of sp³-hybridized carbons (Fsp3) is 0.375. The van der Waals surface area contributed by atoms with E-state index in [4.69, 9.17) is 4.74 Å². The lowest BCUT2D eigenvalue weighted by Gasteiger charge is -2.05. The minimum absolute atomic E-state index is 0.0518. The van der Waals surface area contributed by atoms with E-state index < -0.39 is 0 Å². The summed E-state index contributed by atoms with van der Waals surface area (Å²) in [6.45, 7) is 2.92. The average molecular weight is 380 g/mol. The Morgan fingerprint density at radius 2 is 2.08 bits per heavy atom. The number of para-hydroxylation sites is 1. The minimum atomic E-state index is -0.277. The van der Waals surface area contributed by atoms with Gasteiger partial charge in [0.15, 0.2) is 0 Å². The number of nitrogens with one attached hydrogen (secondary N) is 2. The van der Waals surface area contributed by atoms with Crippen molar-refractivity contribution in [2.24, 2.45) is 0 Å². The highest BCUT2D eigenvalue weighted by Gasteiger charge is 2.14. The molecule has 0 spiro atoms. The van der Waals surface area contributed by atoms with Crippen molar-refractivity contribution >= 4 is 40.6 Å². The molecule has 2 rings (SSSR count). The van der Waals surface area contributed by atoms with Gasteiger partial charge in [0.2, 0.25) is 10.9 Å². The van der Waals surface area contributed by atoms with Crippen LogP contribution >= 0.6 is 23.1 Å². The van der Waals surface area contributed by atoms with Gasteiger partial charge in [-0.1, -0.05) is 29.5 Å². The molecule has 0 atom stereocenters. The van der Waals surface area contributed by atoms with E-state index in [9.17, 15) is 9.59 Å². The third kappa shape index (κ3) is 6.45. The Kier molecular flexibility index (Phi) is 7.83. The zero-order valence-electron chi connectivity index (χ0n) is 14.1. The van der Waals surface area contributed by atoms with E-state index in [-0.39, 0.29) is 11.8 Å². The van der Waals surface area contributed by atoms with Crippen molar-refractivity contribution < 1.29 is 14.3 Å². The number of nitrogens with zero attached hydrogens (tertiary/aromatic N) is 2. The van der Waals surface area contributed by atoms with Crippen LogP contribution in [0.3, 0.4) is 0 Å². The zero-order chi connectivity index (χ0) is 18.1. The van der Waals surface area contributed by atoms with Gasteiger partial charge in [0.25, 0.3) is 5.91 Å². The number of ether oxygens (including phenoxy) is 1. The largest absolute Gasteiger partial charge is 0.383 e. The molecule has 134 valence electrons. The highest BCUT2D eigenvalue weighted by molar-refractivity contribution is 7.99. The number of benzene rings is 1. The molecule has 1 aromatic heterocycles. The van der Waals surface area contributed by atoms with Crippen molar-refractivity contribution in [3.63, 3.8) is 0 Å². The SMILES string of the molecule is COCCNC(=O)CSCc1nnc(C(=O)Nc2ccccc2C)s1. The highest BCUT2D eigenvalue weighted by atomic mass is 32.2. The molecule has 0 aliphatic heterocycles. The van der Waals surface area contributed by atoms with E-state index >= 15 is 0 Å². The number of hydrogen-bond acceptors (Lipinski definition) is 7. The number of anilines is 1. The van der Waals surface area contributed by atoms with Crippen molar-refractivity contribution in [3.8, 4) is 0 Å². The number of carbonyl (C=O) groups excluding carboxylic acids is 2. The van der Waals surface area contributed by atoms with Crippen molar-refractivity contribution in [1.29, 1.82) is 0 Å². The lowest BCUT2D eigenvalue weighted by Crippen LogP contribution is -2.28. The van der Waals surface area contributed by atoms with Gasteiger partial charge in [-0.05, 0) is 18.6 Å². The van der Waals surface area contributed by atoms with Crippen LogP contribution in [-0.2, 0) is 15.3 Å². The fourth-order valence-corrected chi connectivity index (χ4v) is 3.50.